The zero-order valence-electron chi connectivity index (χ0n) is 16.3. The summed E-state index contributed by atoms with van der Waals surface area (Å²) in [5.41, 5.74) is 0.779. The topological polar surface area (TPSA) is 79.8 Å². The average molecular weight is 426 g/mol. The highest BCUT2D eigenvalue weighted by atomic mass is 19.3. The van der Waals surface area contributed by atoms with Crippen molar-refractivity contribution in [1.82, 2.24) is 20.1 Å². The monoisotopic (exact) mass is 426 g/mol. The first-order valence-corrected chi connectivity index (χ1v) is 9.34. The van der Waals surface area contributed by atoms with Crippen molar-refractivity contribution in [3.63, 3.8) is 0 Å². The maximum atomic E-state index is 13.9. The van der Waals surface area contributed by atoms with Crippen LogP contribution in [0.15, 0.2) is 59.7 Å². The molecule has 0 radical (unpaired) electrons. The highest BCUT2D eigenvalue weighted by Gasteiger charge is 2.17. The Labute approximate surface area is 174 Å². The van der Waals surface area contributed by atoms with Crippen LogP contribution in [0.5, 0.6) is 0 Å². The van der Waals surface area contributed by atoms with Gasteiger partial charge in [-0.3, -0.25) is 14.7 Å². The Hall–Kier alpha value is -3.88. The zero-order valence-corrected chi connectivity index (χ0v) is 16.3. The summed E-state index contributed by atoms with van der Waals surface area (Å²) in [6.45, 7) is 0.0650. The van der Waals surface area contributed by atoms with Crippen LogP contribution in [-0.4, -0.2) is 27.7 Å². The fraction of sp³-hybridized carbons (Fsp3) is 0.136. The van der Waals surface area contributed by atoms with E-state index < -0.39 is 18.1 Å². The lowest BCUT2D eigenvalue weighted by molar-refractivity contribution is 0.0962. The van der Waals surface area contributed by atoms with Gasteiger partial charge in [-0.05, 0) is 52.9 Å². The van der Waals surface area contributed by atoms with Gasteiger partial charge in [0, 0.05) is 29.8 Å². The fourth-order valence-electron chi connectivity index (χ4n) is 3.49. The molecule has 0 aliphatic heterocycles. The van der Waals surface area contributed by atoms with Crippen LogP contribution < -0.4 is 10.9 Å². The van der Waals surface area contributed by atoms with Gasteiger partial charge in [-0.2, -0.15) is 5.10 Å². The van der Waals surface area contributed by atoms with Crippen molar-refractivity contribution in [1.29, 1.82) is 0 Å². The number of benzene rings is 2. The number of pyridine rings is 1. The molecule has 0 saturated carbocycles. The van der Waals surface area contributed by atoms with Gasteiger partial charge >= 0.3 is 0 Å². The van der Waals surface area contributed by atoms with Gasteiger partial charge in [0.05, 0.1) is 12.7 Å². The number of fused-ring (bicyclic) bond motifs is 1. The average Bonchev–Trinajstić information content (AvgIpc) is 3.25. The van der Waals surface area contributed by atoms with Crippen molar-refractivity contribution in [3.8, 4) is 11.1 Å². The van der Waals surface area contributed by atoms with Crippen LogP contribution >= 0.6 is 0 Å². The Bertz CT molecular complexity index is 1340. The molecule has 9 heteroatoms. The Balaban J connectivity index is 1.71. The van der Waals surface area contributed by atoms with Gasteiger partial charge < -0.3 is 9.88 Å². The van der Waals surface area contributed by atoms with Crippen LogP contribution in [-0.2, 0) is 6.54 Å². The number of hydrogen-bond donors (Lipinski definition) is 2. The van der Waals surface area contributed by atoms with E-state index in [4.69, 9.17) is 0 Å². The lowest BCUT2D eigenvalue weighted by Crippen LogP contribution is -2.21. The predicted molar refractivity (Wildman–Crippen MR) is 110 cm³/mol. The number of carbonyl (C=O) groups excluding carboxylic acids is 1. The van der Waals surface area contributed by atoms with E-state index in [0.29, 0.717) is 21.9 Å². The molecule has 0 aliphatic carbocycles. The van der Waals surface area contributed by atoms with Gasteiger partial charge in [0.1, 0.15) is 11.5 Å². The van der Waals surface area contributed by atoms with Crippen LogP contribution in [0.1, 0.15) is 28.0 Å². The van der Waals surface area contributed by atoms with Crippen LogP contribution in [0.3, 0.4) is 0 Å². The van der Waals surface area contributed by atoms with Crippen molar-refractivity contribution in [3.05, 3.63) is 87.9 Å². The summed E-state index contributed by atoms with van der Waals surface area (Å²) in [5.74, 6) is -1.01. The van der Waals surface area contributed by atoms with Crippen molar-refractivity contribution in [2.45, 2.75) is 13.0 Å². The predicted octanol–water partition coefficient (Wildman–Crippen LogP) is 3.88. The van der Waals surface area contributed by atoms with Crippen molar-refractivity contribution in [2.75, 3.05) is 7.05 Å². The summed E-state index contributed by atoms with van der Waals surface area (Å²) in [5, 5.41) is 9.37. The molecule has 0 fully saturated rings. The highest BCUT2D eigenvalue weighted by molar-refractivity contribution is 5.94. The first-order chi connectivity index (χ1) is 14.9. The van der Waals surface area contributed by atoms with Gasteiger partial charge in [0.15, 0.2) is 0 Å². The second-order valence-corrected chi connectivity index (χ2v) is 6.98. The molecule has 0 spiro atoms. The van der Waals surface area contributed by atoms with E-state index in [1.54, 1.807) is 30.5 Å². The first kappa shape index (κ1) is 20.4. The molecule has 2 aromatic carbocycles. The van der Waals surface area contributed by atoms with E-state index in [1.807, 2.05) is 0 Å². The number of nitrogens with one attached hydrogen (secondary N) is 2. The lowest BCUT2D eigenvalue weighted by atomic mass is 10.0. The third-order valence-electron chi connectivity index (χ3n) is 4.97. The van der Waals surface area contributed by atoms with Crippen LogP contribution in [0.25, 0.3) is 21.9 Å². The second-order valence-electron chi connectivity index (χ2n) is 6.98. The summed E-state index contributed by atoms with van der Waals surface area (Å²) < 4.78 is 41.6. The number of alkyl halides is 2. The second kappa shape index (κ2) is 8.10. The number of aromatic nitrogens is 3. The van der Waals surface area contributed by atoms with Crippen LogP contribution in [0, 0.1) is 5.82 Å². The van der Waals surface area contributed by atoms with Crippen molar-refractivity contribution < 1.29 is 18.0 Å². The molecule has 0 aliphatic rings. The molecule has 1 amide bonds. The van der Waals surface area contributed by atoms with Gasteiger partial charge in [0.25, 0.3) is 17.9 Å². The fourth-order valence-corrected chi connectivity index (χ4v) is 3.49. The minimum absolute atomic E-state index is 0.0650. The number of amides is 1. The number of hydrogen-bond acceptors (Lipinski definition) is 3. The Morgan fingerprint density at radius 1 is 1.19 bits per heavy atom. The largest absolute Gasteiger partial charge is 0.355 e. The SMILES string of the molecule is CNC(=O)c1cc(F)cc(Cn2ccc3cc(-c4cn[nH]c4C(F)F)ccc3c2=O)c1. The van der Waals surface area contributed by atoms with E-state index in [9.17, 15) is 22.8 Å². The smallest absolute Gasteiger partial charge is 0.280 e. The van der Waals surface area contributed by atoms with Gasteiger partial charge in [-0.1, -0.05) is 6.07 Å². The van der Waals surface area contributed by atoms with Crippen molar-refractivity contribution in [2.24, 2.45) is 0 Å². The standard InChI is InChI=1S/C22H17F3N4O2/c1-26-21(30)15-6-12(7-16(23)9-15)11-29-5-4-14-8-13(2-3-17(14)22(29)31)18-10-27-28-19(18)20(24)25/h2-10,20H,11H2,1H3,(H,26,30)(H,27,28). The molecule has 2 N–H and O–H groups in total. The zero-order chi connectivity index (χ0) is 22.1. The lowest BCUT2D eigenvalue weighted by Gasteiger charge is -2.10. The number of nitrogens with zero attached hydrogens (tertiary/aromatic N) is 2. The molecule has 4 aromatic rings. The Morgan fingerprint density at radius 2 is 2.00 bits per heavy atom. The number of H-pyrrole nitrogens is 1. The molecule has 2 heterocycles. The van der Waals surface area contributed by atoms with Crippen LogP contribution in [0.2, 0.25) is 0 Å². The molecule has 2 aromatic heterocycles. The molecule has 0 unspecified atom stereocenters. The van der Waals surface area contributed by atoms with E-state index >= 15 is 0 Å². The van der Waals surface area contributed by atoms with Crippen molar-refractivity contribution >= 4 is 16.7 Å². The molecule has 6 nitrogen and oxygen atoms in total. The number of rotatable bonds is 5. The first-order valence-electron chi connectivity index (χ1n) is 9.34. The van der Waals surface area contributed by atoms with E-state index in [-0.39, 0.29) is 28.9 Å². The minimum Gasteiger partial charge on any atom is -0.355 e. The molecule has 0 bridgehead atoms. The molecule has 0 saturated heterocycles. The highest BCUT2D eigenvalue weighted by Crippen LogP contribution is 2.30. The molecule has 158 valence electrons. The molecule has 4 rings (SSSR count). The van der Waals surface area contributed by atoms with Crippen LogP contribution in [0.4, 0.5) is 13.2 Å². The maximum Gasteiger partial charge on any atom is 0.280 e. The summed E-state index contributed by atoms with van der Waals surface area (Å²) >= 11 is 0. The molecular formula is C22H17F3N4O2. The molecular weight excluding hydrogens is 409 g/mol. The van der Waals surface area contributed by atoms with Gasteiger partial charge in [-0.15, -0.1) is 0 Å². The van der Waals surface area contributed by atoms with E-state index in [0.717, 1.165) is 6.07 Å². The quantitative estimate of drug-likeness (QED) is 0.508. The molecule has 0 atom stereocenters. The minimum atomic E-state index is -2.70. The third-order valence-corrected chi connectivity index (χ3v) is 4.97. The third kappa shape index (κ3) is 3.94. The molecule has 31 heavy (non-hydrogen) atoms. The summed E-state index contributed by atoms with van der Waals surface area (Å²) in [4.78, 5) is 24.7. The Morgan fingerprint density at radius 3 is 2.74 bits per heavy atom. The number of halogens is 3. The van der Waals surface area contributed by atoms with E-state index in [2.05, 4.69) is 15.5 Å². The maximum absolute atomic E-state index is 13.9. The summed E-state index contributed by atoms with van der Waals surface area (Å²) in [6, 6.07) is 10.4. The van der Waals surface area contributed by atoms with Gasteiger partial charge in [-0.25, -0.2) is 13.2 Å². The summed E-state index contributed by atoms with van der Waals surface area (Å²) in [7, 11) is 1.45. The normalized spacial score (nSPS) is 11.3. The van der Waals surface area contributed by atoms with Gasteiger partial charge in [0.2, 0.25) is 0 Å². The Kier molecular flexibility index (Phi) is 5.33. The summed E-state index contributed by atoms with van der Waals surface area (Å²) in [6.07, 6.45) is 0.160. The van der Waals surface area contributed by atoms with E-state index in [1.165, 1.54) is 29.9 Å². The number of carbonyl (C=O) groups is 1. The number of aromatic amines is 1.